The van der Waals surface area contributed by atoms with Crippen molar-refractivity contribution in [1.29, 1.82) is 0 Å². The molecule has 1 aromatic carbocycles. The third-order valence-electron chi connectivity index (χ3n) is 6.20. The van der Waals surface area contributed by atoms with Crippen molar-refractivity contribution in [2.45, 2.75) is 39.0 Å². The molecule has 1 N–H and O–H groups in total. The first-order chi connectivity index (χ1) is 15.5. The van der Waals surface area contributed by atoms with E-state index in [1.165, 1.54) is 46.9 Å². The number of urea groups is 1. The molecule has 0 saturated carbocycles. The number of hydrogen-bond acceptors (Lipinski definition) is 5. The summed E-state index contributed by atoms with van der Waals surface area (Å²) >= 11 is 7.65. The van der Waals surface area contributed by atoms with Crippen molar-refractivity contribution >= 4 is 50.7 Å². The highest BCUT2D eigenvalue weighted by molar-refractivity contribution is 7.19. The van der Waals surface area contributed by atoms with Crippen LogP contribution in [0.2, 0.25) is 5.02 Å². The summed E-state index contributed by atoms with van der Waals surface area (Å²) in [4.78, 5) is 29.1. The Bertz CT molecular complexity index is 1170. The quantitative estimate of drug-likeness (QED) is 0.562. The van der Waals surface area contributed by atoms with Crippen molar-refractivity contribution in [3.05, 3.63) is 45.3 Å². The standard InChI is InChI=1S/C23H25ClFN5OS/c1-2-19-27-21(20-15-5-3-4-6-18(15)32-22(20)28-19)29-9-11-30(12-10-29)23(31)26-14-7-8-17(25)16(24)13-14/h7-8,13H,2-6,9-12H2,1H3,(H,26,31). The smallest absolute Gasteiger partial charge is 0.321 e. The first-order valence-electron chi connectivity index (χ1n) is 11.1. The van der Waals surface area contributed by atoms with Crippen molar-refractivity contribution in [2.75, 3.05) is 36.4 Å². The monoisotopic (exact) mass is 473 g/mol. The van der Waals surface area contributed by atoms with Crippen molar-refractivity contribution < 1.29 is 9.18 Å². The zero-order valence-corrected chi connectivity index (χ0v) is 19.5. The highest BCUT2D eigenvalue weighted by Crippen LogP contribution is 2.40. The molecular formula is C23H25ClFN5OS. The third kappa shape index (κ3) is 4.01. The topological polar surface area (TPSA) is 61.4 Å². The maximum absolute atomic E-state index is 13.4. The molecule has 2 amide bonds. The summed E-state index contributed by atoms with van der Waals surface area (Å²) in [5.74, 6) is 1.40. The molecule has 2 aliphatic rings. The van der Waals surface area contributed by atoms with E-state index in [0.717, 1.165) is 35.7 Å². The molecule has 0 unspecified atom stereocenters. The summed E-state index contributed by atoms with van der Waals surface area (Å²) in [6, 6.07) is 3.99. The minimum Gasteiger partial charge on any atom is -0.352 e. The fourth-order valence-corrected chi connectivity index (χ4v) is 5.92. The molecule has 0 bridgehead atoms. The number of fused-ring (bicyclic) bond motifs is 3. The number of nitrogens with one attached hydrogen (secondary N) is 1. The molecule has 0 atom stereocenters. The van der Waals surface area contributed by atoms with Crippen molar-refractivity contribution in [2.24, 2.45) is 0 Å². The number of aromatic nitrogens is 2. The molecule has 0 spiro atoms. The van der Waals surface area contributed by atoms with Gasteiger partial charge >= 0.3 is 6.03 Å². The van der Waals surface area contributed by atoms with E-state index in [1.807, 2.05) is 11.3 Å². The van der Waals surface area contributed by atoms with Crippen LogP contribution in [0.15, 0.2) is 18.2 Å². The van der Waals surface area contributed by atoms with E-state index in [9.17, 15) is 9.18 Å². The van der Waals surface area contributed by atoms with Crippen LogP contribution in [0.25, 0.3) is 10.2 Å². The Morgan fingerprint density at radius 2 is 1.97 bits per heavy atom. The van der Waals surface area contributed by atoms with E-state index in [1.54, 1.807) is 4.90 Å². The van der Waals surface area contributed by atoms with Gasteiger partial charge in [-0.25, -0.2) is 19.2 Å². The molecule has 2 aromatic heterocycles. The Morgan fingerprint density at radius 1 is 1.19 bits per heavy atom. The van der Waals surface area contributed by atoms with Gasteiger partial charge in [0, 0.05) is 43.2 Å². The number of benzene rings is 1. The van der Waals surface area contributed by atoms with E-state index >= 15 is 0 Å². The second kappa shape index (κ2) is 8.83. The second-order valence-corrected chi connectivity index (χ2v) is 9.73. The number of anilines is 2. The van der Waals surface area contributed by atoms with Crippen molar-refractivity contribution in [1.82, 2.24) is 14.9 Å². The molecule has 1 aliphatic carbocycles. The number of halogens is 2. The summed E-state index contributed by atoms with van der Waals surface area (Å²) in [6.07, 6.45) is 5.50. The van der Waals surface area contributed by atoms with Crippen LogP contribution < -0.4 is 10.2 Å². The number of carbonyl (C=O) groups is 1. The van der Waals surface area contributed by atoms with E-state index in [2.05, 4.69) is 17.1 Å². The fourth-order valence-electron chi connectivity index (χ4n) is 4.47. The Morgan fingerprint density at radius 3 is 2.72 bits per heavy atom. The Hall–Kier alpha value is -2.45. The number of amides is 2. The molecule has 3 aromatic rings. The van der Waals surface area contributed by atoms with Gasteiger partial charge in [0.25, 0.3) is 0 Å². The SMILES string of the molecule is CCc1nc(N2CCN(C(=O)Nc3ccc(F)c(Cl)c3)CC2)c2c3c(sc2n1)CCCC3. The van der Waals surface area contributed by atoms with Crippen LogP contribution in [0, 0.1) is 5.82 Å². The van der Waals surface area contributed by atoms with Crippen LogP contribution in [0.5, 0.6) is 0 Å². The van der Waals surface area contributed by atoms with E-state index in [0.29, 0.717) is 31.9 Å². The van der Waals surface area contributed by atoms with Gasteiger partial charge in [0.1, 0.15) is 22.3 Å². The molecule has 1 saturated heterocycles. The molecule has 6 nitrogen and oxygen atoms in total. The maximum atomic E-state index is 13.4. The summed E-state index contributed by atoms with van der Waals surface area (Å²) < 4.78 is 13.4. The molecule has 168 valence electrons. The molecule has 5 rings (SSSR count). The highest BCUT2D eigenvalue weighted by Gasteiger charge is 2.27. The Balaban J connectivity index is 1.34. The minimum absolute atomic E-state index is 0.00813. The Kier molecular flexibility index (Phi) is 5.90. The van der Waals surface area contributed by atoms with Gasteiger partial charge in [-0.15, -0.1) is 11.3 Å². The molecule has 9 heteroatoms. The van der Waals surface area contributed by atoms with Gasteiger partial charge in [-0.05, 0) is 49.4 Å². The maximum Gasteiger partial charge on any atom is 0.321 e. The number of aryl methyl sites for hydroxylation is 3. The number of hydrogen-bond donors (Lipinski definition) is 1. The van der Waals surface area contributed by atoms with Crippen LogP contribution in [0.4, 0.5) is 20.7 Å². The van der Waals surface area contributed by atoms with Gasteiger partial charge in [0.05, 0.1) is 10.4 Å². The number of nitrogens with zero attached hydrogens (tertiary/aromatic N) is 4. The predicted octanol–water partition coefficient (Wildman–Crippen LogP) is 5.28. The van der Waals surface area contributed by atoms with E-state index in [-0.39, 0.29) is 11.1 Å². The van der Waals surface area contributed by atoms with Crippen LogP contribution >= 0.6 is 22.9 Å². The van der Waals surface area contributed by atoms with Gasteiger partial charge in [-0.2, -0.15) is 0 Å². The van der Waals surface area contributed by atoms with Gasteiger partial charge in [-0.3, -0.25) is 0 Å². The number of carbonyl (C=O) groups excluding carboxylic acids is 1. The zero-order chi connectivity index (χ0) is 22.2. The predicted molar refractivity (Wildman–Crippen MR) is 128 cm³/mol. The van der Waals surface area contributed by atoms with Crippen LogP contribution in [0.3, 0.4) is 0 Å². The molecule has 1 aliphatic heterocycles. The van der Waals surface area contributed by atoms with E-state index in [4.69, 9.17) is 21.6 Å². The molecule has 1 fully saturated rings. The molecular weight excluding hydrogens is 449 g/mol. The lowest BCUT2D eigenvalue weighted by Crippen LogP contribution is -2.50. The number of rotatable bonds is 3. The van der Waals surface area contributed by atoms with Crippen LogP contribution in [-0.4, -0.2) is 47.1 Å². The fraction of sp³-hybridized carbons (Fsp3) is 0.435. The summed E-state index contributed by atoms with van der Waals surface area (Å²) in [6.45, 7) is 4.66. The molecule has 3 heterocycles. The number of thiophene rings is 1. The van der Waals surface area contributed by atoms with Gasteiger partial charge in [-0.1, -0.05) is 18.5 Å². The summed E-state index contributed by atoms with van der Waals surface area (Å²) in [5.41, 5.74) is 1.92. The minimum atomic E-state index is -0.503. The largest absolute Gasteiger partial charge is 0.352 e. The van der Waals surface area contributed by atoms with Gasteiger partial charge in [0.2, 0.25) is 0 Å². The van der Waals surface area contributed by atoms with Crippen LogP contribution in [-0.2, 0) is 19.3 Å². The van der Waals surface area contributed by atoms with Crippen molar-refractivity contribution in [3.63, 3.8) is 0 Å². The Labute approximate surface area is 195 Å². The van der Waals surface area contributed by atoms with E-state index < -0.39 is 5.82 Å². The highest BCUT2D eigenvalue weighted by atomic mass is 35.5. The first-order valence-corrected chi connectivity index (χ1v) is 12.3. The lowest BCUT2D eigenvalue weighted by Gasteiger charge is -2.36. The average Bonchev–Trinajstić information content (AvgIpc) is 3.19. The first kappa shape index (κ1) is 21.4. The summed E-state index contributed by atoms with van der Waals surface area (Å²) in [7, 11) is 0. The van der Waals surface area contributed by atoms with Crippen LogP contribution in [0.1, 0.15) is 36.0 Å². The van der Waals surface area contributed by atoms with Gasteiger partial charge < -0.3 is 15.1 Å². The zero-order valence-electron chi connectivity index (χ0n) is 18.0. The lowest BCUT2D eigenvalue weighted by molar-refractivity contribution is 0.208. The summed E-state index contributed by atoms with van der Waals surface area (Å²) in [5, 5.41) is 4.03. The average molecular weight is 474 g/mol. The number of piperazine rings is 1. The van der Waals surface area contributed by atoms with Crippen molar-refractivity contribution in [3.8, 4) is 0 Å². The lowest BCUT2D eigenvalue weighted by atomic mass is 9.97. The molecule has 32 heavy (non-hydrogen) atoms. The second-order valence-electron chi connectivity index (χ2n) is 8.24. The molecule has 0 radical (unpaired) electrons. The van der Waals surface area contributed by atoms with Gasteiger partial charge in [0.15, 0.2) is 0 Å². The third-order valence-corrected chi connectivity index (χ3v) is 7.67. The normalized spacial score (nSPS) is 16.3.